The minimum absolute atomic E-state index is 0.0550. The van der Waals surface area contributed by atoms with Crippen molar-refractivity contribution in [3.05, 3.63) is 89.2 Å². The first-order valence-corrected chi connectivity index (χ1v) is 17.0. The van der Waals surface area contributed by atoms with Gasteiger partial charge in [0.2, 0.25) is 11.9 Å². The zero-order valence-corrected chi connectivity index (χ0v) is 26.1. The number of alkyl halides is 3. The van der Waals surface area contributed by atoms with Crippen molar-refractivity contribution in [3.63, 3.8) is 0 Å². The van der Waals surface area contributed by atoms with Crippen molar-refractivity contribution in [2.24, 2.45) is 0 Å². The molecule has 2 aliphatic rings. The number of para-hydroxylation sites is 1. The molecule has 2 aliphatic heterocycles. The largest absolute Gasteiger partial charge is 0.416 e. The number of anilines is 2. The summed E-state index contributed by atoms with van der Waals surface area (Å²) >= 11 is 1.09. The highest BCUT2D eigenvalue weighted by Crippen LogP contribution is 2.32. The van der Waals surface area contributed by atoms with Gasteiger partial charge in [-0.3, -0.25) is 4.79 Å². The van der Waals surface area contributed by atoms with Crippen molar-refractivity contribution in [2.45, 2.75) is 35.8 Å². The fraction of sp³-hybridized carbons (Fsp3) is 0.323. The second-order valence-electron chi connectivity index (χ2n) is 11.0. The first kappa shape index (κ1) is 31.9. The fourth-order valence-corrected chi connectivity index (χ4v) is 8.44. The lowest BCUT2D eigenvalue weighted by Gasteiger charge is -2.36. The lowest BCUT2D eigenvalue weighted by molar-refractivity contribution is -0.137. The number of carbonyl (C=O) groups excluding carboxylic acids is 1. The van der Waals surface area contributed by atoms with Crippen molar-refractivity contribution >= 4 is 38.9 Å². The van der Waals surface area contributed by atoms with E-state index in [4.69, 9.17) is 0 Å². The zero-order chi connectivity index (χ0) is 32.5. The maximum Gasteiger partial charge on any atom is 0.416 e. The van der Waals surface area contributed by atoms with Crippen molar-refractivity contribution in [2.75, 3.05) is 42.5 Å². The standard InChI is InChI=1S/C31H30F4N6O3S2/c32-24-5-1-2-6-26(24)39-14-16-40(17-15-39)30-37-23(19-25(38-30)21-9-11-22(12-10-21)31(33,34)35)20-36-29(42)27-7-3-13-41(27)46(43,44)28-8-4-18-45-28/h1-2,4-6,8-12,18-19,27H,3,7,13-17,20H2,(H,36,42)/t27-/m0/s1. The topological polar surface area (TPSA) is 98.7 Å². The van der Waals surface area contributed by atoms with Gasteiger partial charge in [-0.1, -0.05) is 30.3 Å². The summed E-state index contributed by atoms with van der Waals surface area (Å²) in [5.74, 6) is -0.469. The van der Waals surface area contributed by atoms with Crippen molar-refractivity contribution in [3.8, 4) is 11.3 Å². The Morgan fingerprint density at radius 1 is 0.935 bits per heavy atom. The van der Waals surface area contributed by atoms with Gasteiger partial charge in [0.1, 0.15) is 16.1 Å². The van der Waals surface area contributed by atoms with Crippen molar-refractivity contribution in [1.29, 1.82) is 0 Å². The molecule has 242 valence electrons. The van der Waals surface area contributed by atoms with E-state index in [1.807, 2.05) is 9.80 Å². The van der Waals surface area contributed by atoms with Crippen LogP contribution >= 0.6 is 11.3 Å². The van der Waals surface area contributed by atoms with Gasteiger partial charge in [0.15, 0.2) is 0 Å². The molecule has 2 aromatic heterocycles. The molecule has 4 aromatic rings. The number of benzene rings is 2. The minimum Gasteiger partial charge on any atom is -0.366 e. The van der Waals surface area contributed by atoms with E-state index in [9.17, 15) is 30.8 Å². The maximum absolute atomic E-state index is 14.4. The molecule has 0 radical (unpaired) electrons. The average molecular weight is 675 g/mol. The molecular formula is C31H30F4N6O3S2. The molecule has 46 heavy (non-hydrogen) atoms. The number of aromatic nitrogens is 2. The summed E-state index contributed by atoms with van der Waals surface area (Å²) in [5, 5.41) is 4.48. The van der Waals surface area contributed by atoms with Crippen LogP contribution in [0, 0.1) is 5.82 Å². The smallest absolute Gasteiger partial charge is 0.366 e. The molecule has 2 saturated heterocycles. The maximum atomic E-state index is 14.4. The summed E-state index contributed by atoms with van der Waals surface area (Å²) in [7, 11) is -3.83. The van der Waals surface area contributed by atoms with Gasteiger partial charge in [0, 0.05) is 38.3 Å². The lowest BCUT2D eigenvalue weighted by Crippen LogP contribution is -2.47. The van der Waals surface area contributed by atoms with E-state index in [0.29, 0.717) is 67.6 Å². The predicted octanol–water partition coefficient (Wildman–Crippen LogP) is 5.16. The highest BCUT2D eigenvalue weighted by molar-refractivity contribution is 7.91. The molecular weight excluding hydrogens is 645 g/mol. The van der Waals surface area contributed by atoms with Crippen LogP contribution < -0.4 is 15.1 Å². The van der Waals surface area contributed by atoms with Crippen LogP contribution in [-0.4, -0.2) is 67.4 Å². The number of sulfonamides is 1. The molecule has 0 bridgehead atoms. The molecule has 1 atom stereocenters. The summed E-state index contributed by atoms with van der Waals surface area (Å²) in [6.07, 6.45) is -3.58. The van der Waals surface area contributed by atoms with E-state index in [1.54, 1.807) is 35.7 Å². The number of nitrogens with one attached hydrogen (secondary N) is 1. The summed E-state index contributed by atoms with van der Waals surface area (Å²) in [6, 6.07) is 15.0. The van der Waals surface area contributed by atoms with Crippen LogP contribution in [0.5, 0.6) is 0 Å². The normalized spacial score (nSPS) is 17.8. The summed E-state index contributed by atoms with van der Waals surface area (Å²) in [5.41, 5.74) is 0.892. The first-order chi connectivity index (χ1) is 22.0. The molecule has 2 aromatic carbocycles. The molecule has 0 unspecified atom stereocenters. The molecule has 0 aliphatic carbocycles. The summed E-state index contributed by atoms with van der Waals surface area (Å²) < 4.78 is 81.8. The van der Waals surface area contributed by atoms with Gasteiger partial charge in [-0.25, -0.2) is 22.8 Å². The van der Waals surface area contributed by atoms with Crippen LogP contribution in [0.15, 0.2) is 76.3 Å². The van der Waals surface area contributed by atoms with Gasteiger partial charge in [-0.2, -0.15) is 17.5 Å². The Hall–Kier alpha value is -4.08. The molecule has 6 rings (SSSR count). The number of hydrogen-bond donors (Lipinski definition) is 1. The third-order valence-corrected chi connectivity index (χ3v) is 11.3. The van der Waals surface area contributed by atoms with E-state index in [1.165, 1.54) is 28.6 Å². The monoisotopic (exact) mass is 674 g/mol. The number of hydrogen-bond acceptors (Lipinski definition) is 8. The minimum atomic E-state index is -4.49. The number of carbonyl (C=O) groups is 1. The number of piperazine rings is 1. The average Bonchev–Trinajstić information content (AvgIpc) is 3.78. The Morgan fingerprint density at radius 3 is 2.33 bits per heavy atom. The number of amides is 1. The van der Waals surface area contributed by atoms with Crippen molar-refractivity contribution < 1.29 is 30.8 Å². The SMILES string of the molecule is O=C(NCc1cc(-c2ccc(C(F)(F)F)cc2)nc(N2CCN(c3ccccc3F)CC2)n1)[C@@H]1CCCN1S(=O)(=O)c1cccs1. The van der Waals surface area contributed by atoms with Crippen LogP contribution in [0.4, 0.5) is 29.2 Å². The molecule has 0 spiro atoms. The van der Waals surface area contributed by atoms with Gasteiger partial charge in [-0.15, -0.1) is 11.3 Å². The van der Waals surface area contributed by atoms with E-state index in [-0.39, 0.29) is 23.1 Å². The Bertz CT molecular complexity index is 1800. The van der Waals surface area contributed by atoms with Gasteiger partial charge in [0.05, 0.1) is 29.2 Å². The van der Waals surface area contributed by atoms with Gasteiger partial charge in [0.25, 0.3) is 10.0 Å². The number of nitrogens with zero attached hydrogens (tertiary/aromatic N) is 5. The molecule has 1 N–H and O–H groups in total. The van der Waals surface area contributed by atoms with Crippen LogP contribution in [0.1, 0.15) is 24.1 Å². The first-order valence-electron chi connectivity index (χ1n) is 14.6. The highest BCUT2D eigenvalue weighted by Gasteiger charge is 2.40. The predicted molar refractivity (Wildman–Crippen MR) is 166 cm³/mol. The van der Waals surface area contributed by atoms with Gasteiger partial charge >= 0.3 is 6.18 Å². The molecule has 15 heteroatoms. The fourth-order valence-electron chi connectivity index (χ4n) is 5.66. The quantitative estimate of drug-likeness (QED) is 0.258. The van der Waals surface area contributed by atoms with Crippen LogP contribution in [0.3, 0.4) is 0 Å². The number of thiophene rings is 1. The Labute approximate surface area is 267 Å². The van der Waals surface area contributed by atoms with E-state index in [2.05, 4.69) is 15.3 Å². The Morgan fingerprint density at radius 2 is 1.65 bits per heavy atom. The summed E-state index contributed by atoms with van der Waals surface area (Å²) in [6.45, 7) is 2.05. The Kier molecular flexibility index (Phi) is 8.99. The molecule has 2 fully saturated rings. The van der Waals surface area contributed by atoms with E-state index in [0.717, 1.165) is 23.5 Å². The molecule has 0 saturated carbocycles. The molecule has 4 heterocycles. The molecule has 9 nitrogen and oxygen atoms in total. The van der Waals surface area contributed by atoms with Crippen molar-refractivity contribution in [1.82, 2.24) is 19.6 Å². The lowest BCUT2D eigenvalue weighted by atomic mass is 10.1. The van der Waals surface area contributed by atoms with Gasteiger partial charge < -0.3 is 15.1 Å². The Balaban J connectivity index is 1.23. The van der Waals surface area contributed by atoms with E-state index < -0.39 is 33.7 Å². The van der Waals surface area contributed by atoms with E-state index >= 15 is 0 Å². The summed E-state index contributed by atoms with van der Waals surface area (Å²) in [4.78, 5) is 26.4. The second-order valence-corrected chi connectivity index (χ2v) is 14.0. The second kappa shape index (κ2) is 13.0. The van der Waals surface area contributed by atoms with Crippen LogP contribution in [0.25, 0.3) is 11.3 Å². The van der Waals surface area contributed by atoms with Gasteiger partial charge in [-0.05, 0) is 54.6 Å². The zero-order valence-electron chi connectivity index (χ0n) is 24.5. The van der Waals surface area contributed by atoms with Crippen LogP contribution in [0.2, 0.25) is 0 Å². The molecule has 1 amide bonds. The van der Waals surface area contributed by atoms with Crippen LogP contribution in [-0.2, 0) is 27.5 Å². The number of rotatable bonds is 8. The third kappa shape index (κ3) is 6.71. The third-order valence-electron chi connectivity index (χ3n) is 8.04. The highest BCUT2D eigenvalue weighted by atomic mass is 32.2. The number of halogens is 4.